The smallest absolute Gasteiger partial charge is 0.253 e. The van der Waals surface area contributed by atoms with Crippen LogP contribution < -0.4 is 10.6 Å². The molecule has 1 aliphatic heterocycles. The lowest BCUT2D eigenvalue weighted by Crippen LogP contribution is -2.35. The predicted molar refractivity (Wildman–Crippen MR) is 81.4 cm³/mol. The van der Waals surface area contributed by atoms with Crippen molar-refractivity contribution in [3.05, 3.63) is 29.8 Å². The van der Waals surface area contributed by atoms with Gasteiger partial charge in [0.1, 0.15) is 0 Å². The molecule has 0 saturated carbocycles. The molecule has 1 atom stereocenters. The standard InChI is InChI=1S/C14H19N3O2.ClH/c1-17(2)14(19)10-5-3-6-11(9-10)16-13(18)12-7-4-8-15-12;/h3,5-6,9,12,15H,4,7-8H2,1-2H3,(H,16,18);1H. The highest BCUT2D eigenvalue weighted by Crippen LogP contribution is 2.14. The average molecular weight is 298 g/mol. The van der Waals surface area contributed by atoms with E-state index in [9.17, 15) is 9.59 Å². The maximum Gasteiger partial charge on any atom is 0.253 e. The molecular weight excluding hydrogens is 278 g/mol. The molecule has 2 amide bonds. The van der Waals surface area contributed by atoms with Crippen molar-refractivity contribution in [3.8, 4) is 0 Å². The maximum atomic E-state index is 12.0. The van der Waals surface area contributed by atoms with E-state index < -0.39 is 0 Å². The number of benzene rings is 1. The molecule has 0 spiro atoms. The number of nitrogens with zero attached hydrogens (tertiary/aromatic N) is 1. The van der Waals surface area contributed by atoms with Gasteiger partial charge >= 0.3 is 0 Å². The Labute approximate surface area is 125 Å². The molecular formula is C14H20ClN3O2. The van der Waals surface area contributed by atoms with Gasteiger partial charge in [-0.25, -0.2) is 0 Å². The van der Waals surface area contributed by atoms with Crippen LogP contribution in [0.5, 0.6) is 0 Å². The number of hydrogen-bond donors (Lipinski definition) is 2. The van der Waals surface area contributed by atoms with Crippen LogP contribution in [0.3, 0.4) is 0 Å². The molecule has 1 aromatic rings. The summed E-state index contributed by atoms with van der Waals surface area (Å²) >= 11 is 0. The third-order valence-electron chi connectivity index (χ3n) is 3.16. The number of carbonyl (C=O) groups excluding carboxylic acids is 2. The molecule has 1 fully saturated rings. The van der Waals surface area contributed by atoms with Gasteiger partial charge in [0, 0.05) is 25.3 Å². The van der Waals surface area contributed by atoms with Gasteiger partial charge in [-0.3, -0.25) is 9.59 Å². The molecule has 0 bridgehead atoms. The number of nitrogens with one attached hydrogen (secondary N) is 2. The summed E-state index contributed by atoms with van der Waals surface area (Å²) in [7, 11) is 3.41. The fourth-order valence-corrected chi connectivity index (χ4v) is 2.13. The fraction of sp³-hybridized carbons (Fsp3) is 0.429. The Balaban J connectivity index is 0.00000200. The van der Waals surface area contributed by atoms with Crippen molar-refractivity contribution in [1.82, 2.24) is 10.2 Å². The van der Waals surface area contributed by atoms with Crippen molar-refractivity contribution in [1.29, 1.82) is 0 Å². The van der Waals surface area contributed by atoms with E-state index in [0.717, 1.165) is 19.4 Å². The van der Waals surface area contributed by atoms with Crippen LogP contribution in [0.4, 0.5) is 5.69 Å². The van der Waals surface area contributed by atoms with Gasteiger partial charge in [0.25, 0.3) is 5.91 Å². The minimum Gasteiger partial charge on any atom is -0.345 e. The minimum absolute atomic E-state index is 0. The molecule has 5 nitrogen and oxygen atoms in total. The van der Waals surface area contributed by atoms with E-state index in [4.69, 9.17) is 0 Å². The predicted octanol–water partition coefficient (Wildman–Crippen LogP) is 1.50. The molecule has 110 valence electrons. The monoisotopic (exact) mass is 297 g/mol. The second-order valence-electron chi connectivity index (χ2n) is 4.92. The van der Waals surface area contributed by atoms with Gasteiger partial charge in [0.15, 0.2) is 0 Å². The van der Waals surface area contributed by atoms with Crippen LogP contribution >= 0.6 is 12.4 Å². The molecule has 1 unspecified atom stereocenters. The highest BCUT2D eigenvalue weighted by Gasteiger charge is 2.22. The first-order valence-electron chi connectivity index (χ1n) is 6.44. The van der Waals surface area contributed by atoms with E-state index in [1.165, 1.54) is 4.90 Å². The first kappa shape index (κ1) is 16.5. The van der Waals surface area contributed by atoms with Crippen molar-refractivity contribution < 1.29 is 9.59 Å². The summed E-state index contributed by atoms with van der Waals surface area (Å²) in [6.07, 6.45) is 1.89. The number of amides is 2. The van der Waals surface area contributed by atoms with Crippen LogP contribution in [-0.2, 0) is 4.79 Å². The average Bonchev–Trinajstić information content (AvgIpc) is 2.92. The molecule has 0 radical (unpaired) electrons. The zero-order chi connectivity index (χ0) is 13.8. The van der Waals surface area contributed by atoms with Crippen molar-refractivity contribution in [2.75, 3.05) is 26.0 Å². The lowest BCUT2D eigenvalue weighted by Gasteiger charge is -2.13. The lowest BCUT2D eigenvalue weighted by atomic mass is 10.1. The van der Waals surface area contributed by atoms with Crippen LogP contribution in [0.2, 0.25) is 0 Å². The van der Waals surface area contributed by atoms with Gasteiger partial charge in [0.05, 0.1) is 6.04 Å². The highest BCUT2D eigenvalue weighted by molar-refractivity contribution is 5.98. The summed E-state index contributed by atoms with van der Waals surface area (Å²) in [5.74, 6) is -0.109. The number of carbonyl (C=O) groups is 2. The highest BCUT2D eigenvalue weighted by atomic mass is 35.5. The zero-order valence-corrected chi connectivity index (χ0v) is 12.5. The number of rotatable bonds is 3. The second kappa shape index (κ2) is 7.26. The van der Waals surface area contributed by atoms with Crippen LogP contribution in [-0.4, -0.2) is 43.4 Å². The Morgan fingerprint density at radius 1 is 1.35 bits per heavy atom. The maximum absolute atomic E-state index is 12.0. The third-order valence-corrected chi connectivity index (χ3v) is 3.16. The molecule has 2 rings (SSSR count). The van der Waals surface area contributed by atoms with Crippen molar-refractivity contribution in [3.63, 3.8) is 0 Å². The summed E-state index contributed by atoms with van der Waals surface area (Å²) in [4.78, 5) is 25.3. The van der Waals surface area contributed by atoms with E-state index in [1.54, 1.807) is 38.4 Å². The van der Waals surface area contributed by atoms with Gasteiger partial charge in [-0.2, -0.15) is 0 Å². The molecule has 6 heteroatoms. The summed E-state index contributed by atoms with van der Waals surface area (Å²) in [5, 5.41) is 5.99. The molecule has 1 saturated heterocycles. The Bertz CT molecular complexity index is 485. The van der Waals surface area contributed by atoms with Gasteiger partial charge < -0.3 is 15.5 Å². The van der Waals surface area contributed by atoms with E-state index in [0.29, 0.717) is 11.3 Å². The first-order valence-corrected chi connectivity index (χ1v) is 6.44. The molecule has 1 aromatic carbocycles. The summed E-state index contributed by atoms with van der Waals surface area (Å²) in [6, 6.07) is 6.89. The SMILES string of the molecule is CN(C)C(=O)c1cccc(NC(=O)C2CCCN2)c1.Cl. The van der Waals surface area contributed by atoms with Crippen LogP contribution in [0, 0.1) is 0 Å². The van der Waals surface area contributed by atoms with E-state index in [-0.39, 0.29) is 30.3 Å². The quantitative estimate of drug-likeness (QED) is 0.889. The fourth-order valence-electron chi connectivity index (χ4n) is 2.13. The Morgan fingerprint density at radius 3 is 2.70 bits per heavy atom. The van der Waals surface area contributed by atoms with Gasteiger partial charge in [-0.15, -0.1) is 12.4 Å². The Kier molecular flexibility index (Phi) is 5.98. The van der Waals surface area contributed by atoms with Crippen LogP contribution in [0.25, 0.3) is 0 Å². The summed E-state index contributed by atoms with van der Waals surface area (Å²) < 4.78 is 0. The van der Waals surface area contributed by atoms with E-state index >= 15 is 0 Å². The molecule has 0 aliphatic carbocycles. The molecule has 2 N–H and O–H groups in total. The minimum atomic E-state index is -0.117. The van der Waals surface area contributed by atoms with Crippen molar-refractivity contribution >= 4 is 29.9 Å². The molecule has 1 aliphatic rings. The molecule has 0 aromatic heterocycles. The van der Waals surface area contributed by atoms with Crippen molar-refractivity contribution in [2.24, 2.45) is 0 Å². The van der Waals surface area contributed by atoms with Gasteiger partial charge in [-0.1, -0.05) is 6.07 Å². The van der Waals surface area contributed by atoms with E-state index in [1.807, 2.05) is 0 Å². The summed E-state index contributed by atoms with van der Waals surface area (Å²) in [5.41, 5.74) is 1.23. The van der Waals surface area contributed by atoms with Gasteiger partial charge in [0.2, 0.25) is 5.91 Å². The third kappa shape index (κ3) is 3.95. The summed E-state index contributed by atoms with van der Waals surface area (Å²) in [6.45, 7) is 0.886. The first-order chi connectivity index (χ1) is 9.08. The topological polar surface area (TPSA) is 61.4 Å². The largest absolute Gasteiger partial charge is 0.345 e. The van der Waals surface area contributed by atoms with Crippen LogP contribution in [0.1, 0.15) is 23.2 Å². The molecule has 1 heterocycles. The lowest BCUT2D eigenvalue weighted by molar-refractivity contribution is -0.117. The van der Waals surface area contributed by atoms with E-state index in [2.05, 4.69) is 10.6 Å². The number of hydrogen-bond acceptors (Lipinski definition) is 3. The Hall–Kier alpha value is -1.59. The normalized spacial score (nSPS) is 17.2. The Morgan fingerprint density at radius 2 is 2.10 bits per heavy atom. The second-order valence-corrected chi connectivity index (χ2v) is 4.92. The van der Waals surface area contributed by atoms with Crippen LogP contribution in [0.15, 0.2) is 24.3 Å². The number of halogens is 1. The number of anilines is 1. The molecule has 20 heavy (non-hydrogen) atoms. The van der Waals surface area contributed by atoms with Gasteiger partial charge in [-0.05, 0) is 37.6 Å². The zero-order valence-electron chi connectivity index (χ0n) is 11.7. The van der Waals surface area contributed by atoms with Crippen molar-refractivity contribution in [2.45, 2.75) is 18.9 Å².